The molecular formula is C21H25FN2. The third-order valence-electron chi connectivity index (χ3n) is 4.86. The van der Waals surface area contributed by atoms with Gasteiger partial charge >= 0.3 is 0 Å². The number of nitrogens with zero attached hydrogens (tertiary/aromatic N) is 2. The molecule has 24 heavy (non-hydrogen) atoms. The van der Waals surface area contributed by atoms with Crippen LogP contribution in [0.4, 0.5) is 15.8 Å². The van der Waals surface area contributed by atoms with E-state index in [1.807, 2.05) is 24.3 Å². The Morgan fingerprint density at radius 1 is 1.12 bits per heavy atom. The van der Waals surface area contributed by atoms with Crippen molar-refractivity contribution in [2.24, 2.45) is 4.99 Å². The number of hydrogen-bond donors (Lipinski definition) is 0. The molecule has 1 atom stereocenters. The first-order valence-corrected chi connectivity index (χ1v) is 8.86. The van der Waals surface area contributed by atoms with E-state index in [1.54, 1.807) is 12.3 Å². The SMILES string of the molecule is CC[C@@H](C)c1ccc(N=Cc2ccc(N3CCCC3)c(F)c2)cc1. The summed E-state index contributed by atoms with van der Waals surface area (Å²) in [5, 5.41) is 0. The fourth-order valence-electron chi connectivity index (χ4n) is 3.09. The Labute approximate surface area is 144 Å². The molecule has 1 fully saturated rings. The topological polar surface area (TPSA) is 15.6 Å². The molecule has 3 heteroatoms. The molecule has 3 rings (SSSR count). The molecule has 1 saturated heterocycles. The first kappa shape index (κ1) is 16.7. The molecule has 0 aromatic heterocycles. The van der Waals surface area contributed by atoms with E-state index < -0.39 is 0 Å². The van der Waals surface area contributed by atoms with Gasteiger partial charge in [-0.1, -0.05) is 32.0 Å². The second kappa shape index (κ2) is 7.61. The Bertz CT molecular complexity index is 700. The summed E-state index contributed by atoms with van der Waals surface area (Å²) in [6.07, 6.45) is 5.16. The van der Waals surface area contributed by atoms with Gasteiger partial charge in [0.15, 0.2) is 0 Å². The lowest BCUT2D eigenvalue weighted by Gasteiger charge is -2.18. The Morgan fingerprint density at radius 2 is 1.83 bits per heavy atom. The summed E-state index contributed by atoms with van der Waals surface area (Å²) in [6.45, 7) is 6.32. The van der Waals surface area contributed by atoms with Gasteiger partial charge in [0.25, 0.3) is 0 Å². The van der Waals surface area contributed by atoms with Crippen molar-refractivity contribution in [2.75, 3.05) is 18.0 Å². The molecule has 2 aromatic carbocycles. The largest absolute Gasteiger partial charge is 0.369 e. The van der Waals surface area contributed by atoms with Crippen LogP contribution in [-0.4, -0.2) is 19.3 Å². The highest BCUT2D eigenvalue weighted by Crippen LogP contribution is 2.25. The van der Waals surface area contributed by atoms with Crippen molar-refractivity contribution >= 4 is 17.6 Å². The normalized spacial score (nSPS) is 16.0. The summed E-state index contributed by atoms with van der Waals surface area (Å²) in [4.78, 5) is 6.58. The first-order chi connectivity index (χ1) is 11.7. The maximum absolute atomic E-state index is 14.3. The number of hydrogen-bond acceptors (Lipinski definition) is 2. The fraction of sp³-hybridized carbons (Fsp3) is 0.381. The van der Waals surface area contributed by atoms with Gasteiger partial charge in [0.05, 0.1) is 11.4 Å². The molecule has 0 radical (unpaired) electrons. The van der Waals surface area contributed by atoms with Crippen molar-refractivity contribution in [3.05, 3.63) is 59.4 Å². The van der Waals surface area contributed by atoms with Crippen LogP contribution < -0.4 is 4.90 Å². The van der Waals surface area contributed by atoms with Crippen molar-refractivity contribution in [3.8, 4) is 0 Å². The fourth-order valence-corrected chi connectivity index (χ4v) is 3.09. The lowest BCUT2D eigenvalue weighted by molar-refractivity contribution is 0.623. The average Bonchev–Trinajstić information content (AvgIpc) is 3.14. The second-order valence-electron chi connectivity index (χ2n) is 6.56. The lowest BCUT2D eigenvalue weighted by atomic mass is 9.99. The highest BCUT2D eigenvalue weighted by molar-refractivity contribution is 5.82. The predicted molar refractivity (Wildman–Crippen MR) is 100 cm³/mol. The van der Waals surface area contributed by atoms with Crippen LogP contribution in [0.15, 0.2) is 47.5 Å². The summed E-state index contributed by atoms with van der Waals surface area (Å²) in [7, 11) is 0. The molecule has 0 aliphatic carbocycles. The average molecular weight is 324 g/mol. The van der Waals surface area contributed by atoms with E-state index in [4.69, 9.17) is 0 Å². The van der Waals surface area contributed by atoms with Crippen molar-refractivity contribution in [2.45, 2.75) is 39.0 Å². The van der Waals surface area contributed by atoms with Crippen LogP contribution in [-0.2, 0) is 0 Å². The summed E-state index contributed by atoms with van der Waals surface area (Å²) in [6, 6.07) is 13.7. The zero-order chi connectivity index (χ0) is 16.9. The van der Waals surface area contributed by atoms with Crippen LogP contribution in [0.5, 0.6) is 0 Å². The van der Waals surface area contributed by atoms with E-state index in [0.29, 0.717) is 11.6 Å². The zero-order valence-corrected chi connectivity index (χ0v) is 14.5. The highest BCUT2D eigenvalue weighted by atomic mass is 19.1. The first-order valence-electron chi connectivity index (χ1n) is 8.86. The molecule has 0 N–H and O–H groups in total. The molecule has 1 heterocycles. The molecule has 1 aliphatic rings. The quantitative estimate of drug-likeness (QED) is 0.645. The van der Waals surface area contributed by atoms with E-state index in [9.17, 15) is 4.39 Å². The van der Waals surface area contributed by atoms with Gasteiger partial charge in [-0.05, 0) is 60.6 Å². The third kappa shape index (κ3) is 3.84. The maximum atomic E-state index is 14.3. The molecule has 2 aromatic rings. The predicted octanol–water partition coefficient (Wildman–Crippen LogP) is 5.69. The second-order valence-corrected chi connectivity index (χ2v) is 6.56. The molecular weight excluding hydrogens is 299 g/mol. The highest BCUT2D eigenvalue weighted by Gasteiger charge is 2.15. The molecule has 126 valence electrons. The minimum Gasteiger partial charge on any atom is -0.369 e. The Hall–Kier alpha value is -2.16. The molecule has 1 aliphatic heterocycles. The van der Waals surface area contributed by atoms with Gasteiger partial charge < -0.3 is 4.90 Å². The van der Waals surface area contributed by atoms with Crippen molar-refractivity contribution in [1.29, 1.82) is 0 Å². The van der Waals surface area contributed by atoms with Gasteiger partial charge in [-0.25, -0.2) is 4.39 Å². The van der Waals surface area contributed by atoms with Gasteiger partial charge in [-0.3, -0.25) is 4.99 Å². The van der Waals surface area contributed by atoms with Crippen LogP contribution in [0, 0.1) is 5.82 Å². The van der Waals surface area contributed by atoms with Gasteiger partial charge in [0.2, 0.25) is 0 Å². The van der Waals surface area contributed by atoms with Crippen LogP contribution >= 0.6 is 0 Å². The van der Waals surface area contributed by atoms with Crippen LogP contribution in [0.1, 0.15) is 50.2 Å². The van der Waals surface area contributed by atoms with Crippen molar-refractivity contribution in [1.82, 2.24) is 0 Å². The number of anilines is 1. The summed E-state index contributed by atoms with van der Waals surface area (Å²) in [5.41, 5.74) is 3.73. The Morgan fingerprint density at radius 3 is 2.46 bits per heavy atom. The number of aliphatic imine (C=N–C) groups is 1. The Balaban J connectivity index is 1.71. The Kier molecular flexibility index (Phi) is 5.29. The number of rotatable bonds is 5. The summed E-state index contributed by atoms with van der Waals surface area (Å²) < 4.78 is 14.3. The minimum atomic E-state index is -0.159. The maximum Gasteiger partial charge on any atom is 0.147 e. The van der Waals surface area contributed by atoms with E-state index in [-0.39, 0.29) is 5.82 Å². The van der Waals surface area contributed by atoms with Crippen molar-refractivity contribution < 1.29 is 4.39 Å². The van der Waals surface area contributed by atoms with Crippen LogP contribution in [0.25, 0.3) is 0 Å². The van der Waals surface area contributed by atoms with Crippen LogP contribution in [0.3, 0.4) is 0 Å². The third-order valence-corrected chi connectivity index (χ3v) is 4.86. The van der Waals surface area contributed by atoms with Gasteiger partial charge in [0.1, 0.15) is 5.82 Å². The van der Waals surface area contributed by atoms with E-state index >= 15 is 0 Å². The minimum absolute atomic E-state index is 0.159. The van der Waals surface area contributed by atoms with Gasteiger partial charge in [0, 0.05) is 19.3 Å². The van der Waals surface area contributed by atoms with Crippen molar-refractivity contribution in [3.63, 3.8) is 0 Å². The number of halogens is 1. The standard InChI is InChI=1S/C21H25FN2/c1-3-16(2)18-7-9-19(10-8-18)23-15-17-6-11-21(20(22)14-17)24-12-4-5-13-24/h6-11,14-16H,3-5,12-13H2,1-2H3/t16-/m1/s1. The van der Waals surface area contributed by atoms with E-state index in [2.05, 4.69) is 35.9 Å². The molecule has 0 spiro atoms. The molecule has 0 saturated carbocycles. The monoisotopic (exact) mass is 324 g/mol. The smallest absolute Gasteiger partial charge is 0.147 e. The molecule has 0 amide bonds. The zero-order valence-electron chi connectivity index (χ0n) is 14.5. The molecule has 2 nitrogen and oxygen atoms in total. The molecule has 0 bridgehead atoms. The summed E-state index contributed by atoms with van der Waals surface area (Å²) >= 11 is 0. The van der Waals surface area contributed by atoms with E-state index in [0.717, 1.165) is 43.6 Å². The van der Waals surface area contributed by atoms with E-state index in [1.165, 1.54) is 5.56 Å². The van der Waals surface area contributed by atoms with Gasteiger partial charge in [-0.15, -0.1) is 0 Å². The lowest BCUT2D eigenvalue weighted by Crippen LogP contribution is -2.18. The van der Waals surface area contributed by atoms with Gasteiger partial charge in [-0.2, -0.15) is 0 Å². The summed E-state index contributed by atoms with van der Waals surface area (Å²) in [5.74, 6) is 0.406. The molecule has 0 unspecified atom stereocenters. The number of benzene rings is 2. The van der Waals surface area contributed by atoms with Crippen LogP contribution in [0.2, 0.25) is 0 Å².